The van der Waals surface area contributed by atoms with Crippen LogP contribution in [0.1, 0.15) is 117 Å². The number of carbonyl (C=O) groups is 6. The van der Waals surface area contributed by atoms with Crippen molar-refractivity contribution in [2.45, 2.75) is 105 Å². The number of aryl methyl sites for hydroxylation is 1. The van der Waals surface area contributed by atoms with Crippen LogP contribution in [-0.2, 0) is 32.0 Å². The minimum Gasteiger partial charge on any atom is -0.444 e. The average Bonchev–Trinajstić information content (AvgIpc) is 3.54. The first-order valence-corrected chi connectivity index (χ1v) is 19.9. The maximum atomic E-state index is 13.8. The first-order valence-electron chi connectivity index (χ1n) is 19.1. The van der Waals surface area contributed by atoms with Crippen molar-refractivity contribution in [3.63, 3.8) is 0 Å². The maximum Gasteiger partial charge on any atom is 0.414 e. The topological polar surface area (TPSA) is 170 Å². The molecule has 14 heteroatoms. The predicted octanol–water partition coefficient (Wildman–Crippen LogP) is 8.79. The Kier molecular flexibility index (Phi) is 13.5. The summed E-state index contributed by atoms with van der Waals surface area (Å²) < 4.78 is 17.3. The lowest BCUT2D eigenvalue weighted by atomic mass is 9.80. The maximum absolute atomic E-state index is 13.8. The summed E-state index contributed by atoms with van der Waals surface area (Å²) in [5.74, 6) is -0.781. The second-order valence-electron chi connectivity index (χ2n) is 16.3. The molecule has 0 saturated heterocycles. The zero-order valence-corrected chi connectivity index (χ0v) is 35.0. The highest BCUT2D eigenvalue weighted by Gasteiger charge is 2.27. The number of aliphatic imine (C=N–C) groups is 1. The van der Waals surface area contributed by atoms with E-state index in [-0.39, 0.29) is 54.4 Å². The molecule has 13 nitrogen and oxygen atoms in total. The molecular weight excluding hydrogens is 761 g/mol. The molecule has 3 aromatic carbocycles. The van der Waals surface area contributed by atoms with E-state index >= 15 is 0 Å². The minimum atomic E-state index is -0.838. The lowest BCUT2D eigenvalue weighted by Gasteiger charge is -2.28. The van der Waals surface area contributed by atoms with Crippen LogP contribution >= 0.6 is 11.3 Å². The Labute approximate surface area is 342 Å². The standard InChI is InChI=1S/C44H50N4O9S/c1-26(49)24-48(25-28-12-19-36-32(20-28)22-37(58-36)27(2)50)38(51)23-31-11-9-10-30-21-34(17-18-35(30)31)55-39(52)29-13-15-33(16-14-29)45-40(46-41(53)56-43(3,4)5)47-42(54)57-44(6,7)8/h12-22,31H,9-11,23-25H2,1-8H3,(H2,45,46,47,53,54). The molecule has 0 aliphatic heterocycles. The molecule has 0 spiro atoms. The number of alkyl carbamates (subject to hydrolysis) is 2. The summed E-state index contributed by atoms with van der Waals surface area (Å²) in [5.41, 5.74) is 1.83. The van der Waals surface area contributed by atoms with E-state index in [1.54, 1.807) is 52.5 Å². The molecule has 1 aliphatic rings. The molecule has 1 heterocycles. The van der Waals surface area contributed by atoms with E-state index in [0.29, 0.717) is 16.3 Å². The van der Waals surface area contributed by atoms with Crippen molar-refractivity contribution in [2.75, 3.05) is 6.54 Å². The predicted molar refractivity (Wildman–Crippen MR) is 222 cm³/mol. The van der Waals surface area contributed by atoms with Gasteiger partial charge in [-0.2, -0.15) is 0 Å². The third kappa shape index (κ3) is 12.6. The smallest absolute Gasteiger partial charge is 0.414 e. The number of thiophene rings is 1. The van der Waals surface area contributed by atoms with Crippen molar-refractivity contribution in [2.24, 2.45) is 4.99 Å². The zero-order chi connectivity index (χ0) is 42.4. The number of Topliss-reactive ketones (excluding diaryl/α,β-unsaturated/α-hetero) is 2. The van der Waals surface area contributed by atoms with Crippen LogP contribution in [0.15, 0.2) is 71.7 Å². The SMILES string of the molecule is CC(=O)CN(Cc1ccc2sc(C(C)=O)cc2c1)C(=O)CC1CCCc2cc(OC(=O)c3ccc(N=C(NC(=O)OC(C)(C)C)NC(=O)OC(C)(C)C)cc3)ccc21. The molecule has 0 bridgehead atoms. The zero-order valence-electron chi connectivity index (χ0n) is 34.1. The Bertz CT molecular complexity index is 2220. The highest BCUT2D eigenvalue weighted by atomic mass is 32.1. The number of nitrogens with zero attached hydrogens (tertiary/aromatic N) is 2. The van der Waals surface area contributed by atoms with Gasteiger partial charge < -0.3 is 19.1 Å². The molecule has 58 heavy (non-hydrogen) atoms. The van der Waals surface area contributed by atoms with Crippen molar-refractivity contribution in [3.8, 4) is 5.75 Å². The van der Waals surface area contributed by atoms with Crippen molar-refractivity contribution < 1.29 is 43.0 Å². The Balaban J connectivity index is 1.25. The van der Waals surface area contributed by atoms with E-state index in [9.17, 15) is 28.8 Å². The van der Waals surface area contributed by atoms with Crippen LogP contribution < -0.4 is 15.4 Å². The highest BCUT2D eigenvalue weighted by Crippen LogP contribution is 2.37. The molecular formula is C44H50N4O9S. The molecule has 2 N–H and O–H groups in total. The molecule has 5 rings (SSSR count). The lowest BCUT2D eigenvalue weighted by molar-refractivity contribution is -0.136. The van der Waals surface area contributed by atoms with Gasteiger partial charge in [-0.15, -0.1) is 11.3 Å². The van der Waals surface area contributed by atoms with Gasteiger partial charge in [0.2, 0.25) is 11.9 Å². The van der Waals surface area contributed by atoms with E-state index in [4.69, 9.17) is 14.2 Å². The fourth-order valence-corrected chi connectivity index (χ4v) is 7.39. The lowest BCUT2D eigenvalue weighted by Crippen LogP contribution is -2.47. The molecule has 1 unspecified atom stereocenters. The quantitative estimate of drug-likeness (QED) is 0.0523. The molecule has 306 valence electrons. The molecule has 1 atom stereocenters. The van der Waals surface area contributed by atoms with Crippen LogP contribution in [0.25, 0.3) is 10.1 Å². The normalized spacial score (nSPS) is 13.8. The fraction of sp³-hybridized carbons (Fsp3) is 0.386. The molecule has 1 aliphatic carbocycles. The Hall–Kier alpha value is -5.89. The molecule has 0 radical (unpaired) electrons. The van der Waals surface area contributed by atoms with Crippen LogP contribution in [0.4, 0.5) is 15.3 Å². The highest BCUT2D eigenvalue weighted by molar-refractivity contribution is 7.20. The number of guanidine groups is 1. The number of ether oxygens (including phenoxy) is 3. The van der Waals surface area contributed by atoms with Gasteiger partial charge in [0.1, 0.15) is 22.7 Å². The van der Waals surface area contributed by atoms with Gasteiger partial charge in [-0.1, -0.05) is 12.1 Å². The number of fused-ring (bicyclic) bond motifs is 2. The van der Waals surface area contributed by atoms with Crippen molar-refractivity contribution >= 4 is 68.7 Å². The van der Waals surface area contributed by atoms with E-state index < -0.39 is 29.4 Å². The van der Waals surface area contributed by atoms with Gasteiger partial charge in [0.15, 0.2) is 5.78 Å². The number of amides is 3. The first-order chi connectivity index (χ1) is 27.2. The second kappa shape index (κ2) is 18.1. The number of carbonyl (C=O) groups excluding carboxylic acids is 6. The van der Waals surface area contributed by atoms with Crippen molar-refractivity contribution in [3.05, 3.63) is 93.9 Å². The van der Waals surface area contributed by atoms with E-state index in [2.05, 4.69) is 15.6 Å². The van der Waals surface area contributed by atoms with Gasteiger partial charge in [0.05, 0.1) is 22.7 Å². The Morgan fingerprint density at radius 1 is 0.828 bits per heavy atom. The van der Waals surface area contributed by atoms with Crippen molar-refractivity contribution in [1.82, 2.24) is 15.5 Å². The van der Waals surface area contributed by atoms with E-state index in [1.165, 1.54) is 49.4 Å². The molecule has 4 aromatic rings. The molecule has 0 fully saturated rings. The van der Waals surface area contributed by atoms with Crippen LogP contribution in [0.3, 0.4) is 0 Å². The van der Waals surface area contributed by atoms with Crippen LogP contribution in [0, 0.1) is 0 Å². The number of hydrogen-bond donors (Lipinski definition) is 2. The number of hydrogen-bond acceptors (Lipinski definition) is 11. The van der Waals surface area contributed by atoms with Gasteiger partial charge in [0, 0.05) is 17.7 Å². The van der Waals surface area contributed by atoms with Gasteiger partial charge in [-0.05, 0) is 157 Å². The summed E-state index contributed by atoms with van der Waals surface area (Å²) in [6, 6.07) is 19.2. The van der Waals surface area contributed by atoms with Gasteiger partial charge in [-0.25, -0.2) is 19.4 Å². The summed E-state index contributed by atoms with van der Waals surface area (Å²) in [5, 5.41) is 5.77. The Morgan fingerprint density at radius 2 is 1.48 bits per heavy atom. The van der Waals surface area contributed by atoms with Gasteiger partial charge in [-0.3, -0.25) is 25.0 Å². The summed E-state index contributed by atoms with van der Waals surface area (Å²) in [6.07, 6.45) is 0.959. The number of ketones is 2. The summed E-state index contributed by atoms with van der Waals surface area (Å²) in [7, 11) is 0. The first kappa shape index (κ1) is 43.2. The van der Waals surface area contributed by atoms with E-state index in [0.717, 1.165) is 46.0 Å². The monoisotopic (exact) mass is 810 g/mol. The van der Waals surface area contributed by atoms with Crippen LogP contribution in [-0.4, -0.2) is 64.2 Å². The number of benzene rings is 3. The third-order valence-corrected chi connectivity index (χ3v) is 10.1. The van der Waals surface area contributed by atoms with Crippen LogP contribution in [0.5, 0.6) is 5.75 Å². The summed E-state index contributed by atoms with van der Waals surface area (Å²) in [6.45, 7) is 13.5. The number of rotatable bonds is 10. The van der Waals surface area contributed by atoms with Crippen molar-refractivity contribution in [1.29, 1.82) is 0 Å². The number of esters is 1. The average molecular weight is 811 g/mol. The molecule has 0 saturated carbocycles. The minimum absolute atomic E-state index is 0.00525. The number of nitrogens with one attached hydrogen (secondary N) is 2. The van der Waals surface area contributed by atoms with Crippen LogP contribution in [0.2, 0.25) is 0 Å². The molecule has 3 amide bonds. The largest absolute Gasteiger partial charge is 0.444 e. The van der Waals surface area contributed by atoms with Gasteiger partial charge >= 0.3 is 18.2 Å². The Morgan fingerprint density at radius 3 is 2.09 bits per heavy atom. The van der Waals surface area contributed by atoms with E-state index in [1.807, 2.05) is 36.4 Å². The molecule has 1 aromatic heterocycles. The third-order valence-electron chi connectivity index (χ3n) is 8.83. The fourth-order valence-electron chi connectivity index (χ4n) is 6.45. The summed E-state index contributed by atoms with van der Waals surface area (Å²) in [4.78, 5) is 82.6. The van der Waals surface area contributed by atoms with Gasteiger partial charge in [0.25, 0.3) is 0 Å². The second-order valence-corrected chi connectivity index (χ2v) is 17.4. The summed E-state index contributed by atoms with van der Waals surface area (Å²) >= 11 is 1.43.